The summed E-state index contributed by atoms with van der Waals surface area (Å²) < 4.78 is 81.2. The quantitative estimate of drug-likeness (QED) is 0.112. The van der Waals surface area contributed by atoms with E-state index in [1.807, 2.05) is 53.8 Å². The number of nitrogens with zero attached hydrogens (tertiary/aromatic N) is 4. The van der Waals surface area contributed by atoms with E-state index in [1.54, 1.807) is 24.3 Å². The number of para-hydroxylation sites is 1. The molecule has 8 rings (SSSR count). The van der Waals surface area contributed by atoms with Crippen LogP contribution in [0.2, 0.25) is 0 Å². The van der Waals surface area contributed by atoms with Gasteiger partial charge in [0.1, 0.15) is 34.8 Å². The number of hydrogen-bond donors (Lipinski definition) is 3. The van der Waals surface area contributed by atoms with Gasteiger partial charge in [0.15, 0.2) is 11.0 Å². The van der Waals surface area contributed by atoms with E-state index in [0.29, 0.717) is 40.9 Å². The molecule has 4 heterocycles. The van der Waals surface area contributed by atoms with Gasteiger partial charge in [-0.2, -0.15) is 18.2 Å². The third kappa shape index (κ3) is 8.82. The van der Waals surface area contributed by atoms with Crippen molar-refractivity contribution in [3.8, 4) is 17.3 Å². The molecule has 14 nitrogen and oxygen atoms in total. The summed E-state index contributed by atoms with van der Waals surface area (Å²) in [7, 11) is -3.93. The number of likely N-dealkylation sites (tertiary alicyclic amines) is 1. The Balaban J connectivity index is 1.15. The molecule has 1 saturated heterocycles. The second-order valence-electron chi connectivity index (χ2n) is 18.9. The molecule has 0 bridgehead atoms. The fourth-order valence-electron chi connectivity index (χ4n) is 8.03. The first-order valence-electron chi connectivity index (χ1n) is 20.9. The summed E-state index contributed by atoms with van der Waals surface area (Å²) >= 11 is 1.36. The number of fused-ring (bicyclic) bond motifs is 3. The number of carbonyl (C=O) groups excluding carboxylic acids is 3. The number of ether oxygens (including phenoxy) is 1. The number of aromatic nitrogens is 3. The van der Waals surface area contributed by atoms with Crippen LogP contribution >= 0.6 is 11.3 Å². The first kappa shape index (κ1) is 44.3. The smallest absolute Gasteiger partial charge is 0.416 e. The lowest BCUT2D eigenvalue weighted by Crippen LogP contribution is -2.58. The largest absolute Gasteiger partial charge is 0.470 e. The van der Waals surface area contributed by atoms with Crippen molar-refractivity contribution in [3.63, 3.8) is 0 Å². The lowest BCUT2D eigenvalue weighted by atomic mass is 9.85. The van der Waals surface area contributed by atoms with Crippen molar-refractivity contribution in [2.75, 3.05) is 11.9 Å². The monoisotopic (exact) mass is 909 g/mol. The first-order chi connectivity index (χ1) is 29.5. The molecule has 5 atom stereocenters. The number of sulfonamides is 1. The Kier molecular flexibility index (Phi) is 11.1. The molecule has 3 fully saturated rings. The van der Waals surface area contributed by atoms with Gasteiger partial charge in [-0.3, -0.25) is 19.1 Å². The van der Waals surface area contributed by atoms with Gasteiger partial charge in [0.2, 0.25) is 27.4 Å². The number of alkyl halides is 3. The zero-order valence-electron chi connectivity index (χ0n) is 35.9. The first-order valence-corrected chi connectivity index (χ1v) is 23.4. The number of carbonyl (C=O) groups is 3. The van der Waals surface area contributed by atoms with Crippen molar-refractivity contribution < 1.29 is 45.1 Å². The number of nitrogens with one attached hydrogen (secondary N) is 3. The van der Waals surface area contributed by atoms with Crippen LogP contribution in [-0.2, 0) is 36.0 Å². The minimum absolute atomic E-state index is 0.0538. The van der Waals surface area contributed by atoms with E-state index in [4.69, 9.17) is 14.1 Å². The van der Waals surface area contributed by atoms with Crippen LogP contribution in [0.1, 0.15) is 91.8 Å². The maximum Gasteiger partial charge on any atom is 0.416 e. The summed E-state index contributed by atoms with van der Waals surface area (Å²) in [5.74, 6) is -2.26. The molecule has 2 saturated carbocycles. The molecule has 0 radical (unpaired) electrons. The van der Waals surface area contributed by atoms with Crippen LogP contribution < -0.4 is 20.1 Å². The van der Waals surface area contributed by atoms with Crippen molar-refractivity contribution >= 4 is 66.3 Å². The van der Waals surface area contributed by atoms with Gasteiger partial charge in [0.05, 0.1) is 23.1 Å². The summed E-state index contributed by atoms with van der Waals surface area (Å²) in [4.78, 5) is 58.9. The molecule has 2 aliphatic carbocycles. The molecule has 3 aliphatic rings. The van der Waals surface area contributed by atoms with Crippen LogP contribution in [-0.4, -0.2) is 81.5 Å². The Morgan fingerprint density at radius 2 is 1.70 bits per heavy atom. The van der Waals surface area contributed by atoms with Crippen LogP contribution in [0.5, 0.6) is 5.88 Å². The van der Waals surface area contributed by atoms with Crippen molar-refractivity contribution in [3.05, 3.63) is 65.2 Å². The van der Waals surface area contributed by atoms with E-state index >= 15 is 4.79 Å². The second-order valence-corrected chi connectivity index (χ2v) is 21.7. The normalized spacial score (nSPS) is 22.3. The predicted octanol–water partition coefficient (Wildman–Crippen LogP) is 7.58. The topological polar surface area (TPSA) is 186 Å². The maximum atomic E-state index is 15.0. The van der Waals surface area contributed by atoms with Gasteiger partial charge in [-0.25, -0.2) is 18.4 Å². The highest BCUT2D eigenvalue weighted by atomic mass is 32.2. The zero-order valence-corrected chi connectivity index (χ0v) is 37.6. The van der Waals surface area contributed by atoms with Crippen LogP contribution in [0.15, 0.2) is 58.3 Å². The molecule has 3 N–H and O–H groups in total. The Bertz CT molecular complexity index is 2700. The minimum atomic E-state index is -4.56. The Hall–Kier alpha value is -5.30. The molecule has 0 unspecified atom stereocenters. The number of anilines is 1. The van der Waals surface area contributed by atoms with Crippen molar-refractivity contribution in [2.45, 2.75) is 121 Å². The minimum Gasteiger partial charge on any atom is -0.470 e. The van der Waals surface area contributed by atoms with Gasteiger partial charge in [-0.1, -0.05) is 79.2 Å². The lowest BCUT2D eigenvalue weighted by Gasteiger charge is -2.35. The van der Waals surface area contributed by atoms with E-state index < -0.39 is 73.9 Å². The fourth-order valence-corrected chi connectivity index (χ4v) is 10.4. The fraction of sp³-hybridized carbons (Fsp3) is 0.500. The number of benzene rings is 2. The Morgan fingerprint density at radius 1 is 1.00 bits per heavy atom. The molecule has 5 aromatic rings. The Labute approximate surface area is 366 Å². The number of hydrogen-bond acceptors (Lipinski definition) is 12. The van der Waals surface area contributed by atoms with Crippen LogP contribution in [0.25, 0.3) is 33.5 Å². The van der Waals surface area contributed by atoms with E-state index in [1.165, 1.54) is 28.4 Å². The summed E-state index contributed by atoms with van der Waals surface area (Å²) in [5, 5.41) is 8.60. The standard InChI is InChI=1S/C44H50F3N7O7S2/c1-8-24-20-43(24,39(57)53-63(58,59)27-17-18-27)52-36(55)29-19-26(21-54(29)38(56)34(42(5,6)7)50-40-48-31(22-62-40)41(2,3)4)60-37-33-32(28-11-9-10-12-30(28)61-33)49-35(51-37)23-13-15-25(16-14-23)44(45,46)47/h9-16,22,24,26-27,29,34H,8,17-21H2,1-7H3,(H,48,50)(H,52,55)(H,53,57)/t24-,26-,29+,34-,43-/m1/s1. The molecule has 0 spiro atoms. The third-order valence-electron chi connectivity index (χ3n) is 12.0. The summed E-state index contributed by atoms with van der Waals surface area (Å²) in [6, 6.07) is 9.37. The number of furan rings is 1. The van der Waals surface area contributed by atoms with Gasteiger partial charge in [0, 0.05) is 28.2 Å². The molecule has 1 aliphatic heterocycles. The number of halogens is 3. The third-order valence-corrected chi connectivity index (χ3v) is 14.6. The highest BCUT2D eigenvalue weighted by molar-refractivity contribution is 7.91. The number of thiazole rings is 1. The van der Waals surface area contributed by atoms with Gasteiger partial charge < -0.3 is 24.7 Å². The van der Waals surface area contributed by atoms with E-state index in [-0.39, 0.29) is 53.6 Å². The molecule has 3 aromatic heterocycles. The van der Waals surface area contributed by atoms with Gasteiger partial charge >= 0.3 is 6.18 Å². The molecular weight excluding hydrogens is 860 g/mol. The lowest BCUT2D eigenvalue weighted by molar-refractivity contribution is -0.141. The van der Waals surface area contributed by atoms with Crippen LogP contribution in [0.4, 0.5) is 18.3 Å². The highest BCUT2D eigenvalue weighted by Crippen LogP contribution is 2.47. The Morgan fingerprint density at radius 3 is 2.30 bits per heavy atom. The molecule has 336 valence electrons. The molecule has 3 amide bonds. The van der Waals surface area contributed by atoms with Crippen LogP contribution in [0, 0.1) is 11.3 Å². The molecule has 2 aromatic carbocycles. The summed E-state index contributed by atoms with van der Waals surface area (Å²) in [6.07, 6.45) is -3.94. The number of amides is 3. The number of rotatable bonds is 12. The predicted molar refractivity (Wildman–Crippen MR) is 231 cm³/mol. The zero-order chi connectivity index (χ0) is 45.4. The van der Waals surface area contributed by atoms with Crippen molar-refractivity contribution in [1.82, 2.24) is 29.9 Å². The highest BCUT2D eigenvalue weighted by Gasteiger charge is 2.62. The average molecular weight is 910 g/mol. The van der Waals surface area contributed by atoms with Crippen molar-refractivity contribution in [2.24, 2.45) is 11.3 Å². The van der Waals surface area contributed by atoms with Crippen molar-refractivity contribution in [1.29, 1.82) is 0 Å². The maximum absolute atomic E-state index is 15.0. The van der Waals surface area contributed by atoms with E-state index in [9.17, 15) is 31.2 Å². The van der Waals surface area contributed by atoms with Gasteiger partial charge in [0.25, 0.3) is 11.8 Å². The van der Waals surface area contributed by atoms with Gasteiger partial charge in [-0.15, -0.1) is 11.3 Å². The SMILES string of the molecule is CC[C@@H]1C[C@]1(NC(=O)[C@@H]1C[C@@H](Oc2nc(-c3ccc(C(F)(F)F)cc3)nc3c2oc2ccccc23)CN1C(=O)[C@@H](Nc1nc(C(C)(C)C)cs1)C(C)(C)C)C(=O)NS(=O)(=O)C1CC1. The van der Waals surface area contributed by atoms with Crippen LogP contribution in [0.3, 0.4) is 0 Å². The summed E-state index contributed by atoms with van der Waals surface area (Å²) in [5.41, 5.74) is -1.25. The summed E-state index contributed by atoms with van der Waals surface area (Å²) in [6.45, 7) is 13.5. The van der Waals surface area contributed by atoms with E-state index in [2.05, 4.69) is 25.3 Å². The molecule has 19 heteroatoms. The second kappa shape index (κ2) is 15.7. The van der Waals surface area contributed by atoms with E-state index in [0.717, 1.165) is 17.8 Å². The molecule has 63 heavy (non-hydrogen) atoms. The molecular formula is C44H50F3N7O7S2. The average Bonchev–Trinajstić information content (AvgIpc) is 4.04. The van der Waals surface area contributed by atoms with Gasteiger partial charge in [-0.05, 0) is 54.9 Å².